The molecule has 0 spiro atoms. The summed E-state index contributed by atoms with van der Waals surface area (Å²) in [6, 6.07) is 7.20. The van der Waals surface area contributed by atoms with Crippen LogP contribution < -0.4 is 0 Å². The van der Waals surface area contributed by atoms with Gasteiger partial charge in [-0.1, -0.05) is 12.1 Å². The van der Waals surface area contributed by atoms with Gasteiger partial charge in [-0.15, -0.1) is 0 Å². The van der Waals surface area contributed by atoms with E-state index in [1.807, 2.05) is 4.90 Å². The Kier molecular flexibility index (Phi) is 7.58. The van der Waals surface area contributed by atoms with Crippen molar-refractivity contribution >= 4 is 5.97 Å². The standard InChI is InChI=1S/C26H26F7NO3/c1-14(17-8-19(25(28,29)30)10-20(9-17)26(31,32)33)37-22-7-4-16(11-34-12-18(13-34)24(35)36)23(22)15-2-5-21(27)6-3-15/h2-3,5-6,8-10,14,16,18,22-23H,4,7,11-13H2,1H3,(H,35,36). The van der Waals surface area contributed by atoms with Crippen molar-refractivity contribution in [2.24, 2.45) is 11.8 Å². The number of ether oxygens (including phenoxy) is 1. The third-order valence-corrected chi connectivity index (χ3v) is 7.24. The summed E-state index contributed by atoms with van der Waals surface area (Å²) < 4.78 is 99.7. The molecule has 0 radical (unpaired) electrons. The number of hydrogen-bond donors (Lipinski definition) is 1. The fourth-order valence-electron chi connectivity index (χ4n) is 5.33. The van der Waals surface area contributed by atoms with Crippen molar-refractivity contribution in [3.05, 3.63) is 70.5 Å². The molecular formula is C26H26F7NO3. The molecule has 1 N–H and O–H groups in total. The van der Waals surface area contributed by atoms with E-state index in [0.29, 0.717) is 44.6 Å². The van der Waals surface area contributed by atoms with E-state index in [9.17, 15) is 35.5 Å². The van der Waals surface area contributed by atoms with Gasteiger partial charge < -0.3 is 14.7 Å². The Balaban J connectivity index is 1.57. The molecule has 4 unspecified atom stereocenters. The maximum atomic E-state index is 13.6. The lowest BCUT2D eigenvalue weighted by atomic mass is 9.85. The Morgan fingerprint density at radius 3 is 2.08 bits per heavy atom. The van der Waals surface area contributed by atoms with Crippen LogP contribution in [0.25, 0.3) is 0 Å². The fraction of sp³-hybridized carbons (Fsp3) is 0.500. The lowest BCUT2D eigenvalue weighted by molar-refractivity contribution is -0.148. The minimum atomic E-state index is -4.96. The Morgan fingerprint density at radius 2 is 1.57 bits per heavy atom. The molecule has 11 heteroatoms. The summed E-state index contributed by atoms with van der Waals surface area (Å²) in [5.74, 6) is -2.06. The predicted molar refractivity (Wildman–Crippen MR) is 119 cm³/mol. The molecule has 1 heterocycles. The summed E-state index contributed by atoms with van der Waals surface area (Å²) in [5.41, 5.74) is -2.30. The van der Waals surface area contributed by atoms with E-state index in [2.05, 4.69) is 0 Å². The van der Waals surface area contributed by atoms with Gasteiger partial charge >= 0.3 is 18.3 Å². The number of hydrogen-bond acceptors (Lipinski definition) is 3. The Hall–Kier alpha value is -2.66. The van der Waals surface area contributed by atoms with E-state index in [1.54, 1.807) is 12.1 Å². The van der Waals surface area contributed by atoms with Gasteiger partial charge in [0.15, 0.2) is 0 Å². The van der Waals surface area contributed by atoms with Crippen LogP contribution in [-0.4, -0.2) is 41.7 Å². The van der Waals surface area contributed by atoms with Crippen molar-refractivity contribution in [2.75, 3.05) is 19.6 Å². The molecule has 37 heavy (non-hydrogen) atoms. The van der Waals surface area contributed by atoms with Crippen molar-refractivity contribution in [3.8, 4) is 0 Å². The number of aliphatic carboxylic acids is 1. The number of carboxylic acids is 1. The Bertz CT molecular complexity index is 1080. The van der Waals surface area contributed by atoms with E-state index in [-0.39, 0.29) is 23.5 Å². The van der Waals surface area contributed by atoms with Crippen molar-refractivity contribution in [1.82, 2.24) is 4.90 Å². The predicted octanol–water partition coefficient (Wildman–Crippen LogP) is 6.52. The highest BCUT2D eigenvalue weighted by Crippen LogP contribution is 2.45. The zero-order valence-corrected chi connectivity index (χ0v) is 19.8. The van der Waals surface area contributed by atoms with Crippen LogP contribution in [0.1, 0.15) is 54.0 Å². The van der Waals surface area contributed by atoms with Crippen LogP contribution in [0.4, 0.5) is 30.7 Å². The number of carbonyl (C=O) groups is 1. The number of likely N-dealkylation sites (tertiary alicyclic amines) is 1. The van der Waals surface area contributed by atoms with Gasteiger partial charge in [0, 0.05) is 25.6 Å². The number of rotatable bonds is 7. The van der Waals surface area contributed by atoms with Crippen molar-refractivity contribution in [1.29, 1.82) is 0 Å². The number of benzene rings is 2. The molecule has 4 rings (SSSR count). The first-order valence-electron chi connectivity index (χ1n) is 11.9. The molecular weight excluding hydrogens is 507 g/mol. The summed E-state index contributed by atoms with van der Waals surface area (Å²) >= 11 is 0. The molecule has 4 atom stereocenters. The first kappa shape index (κ1) is 27.4. The van der Waals surface area contributed by atoms with E-state index in [0.717, 1.165) is 5.56 Å². The SMILES string of the molecule is CC(OC1CCC(CN2CC(C(=O)O)C2)C1c1ccc(F)cc1)c1cc(C(F)(F)F)cc(C(F)(F)F)c1. The topological polar surface area (TPSA) is 49.8 Å². The second-order valence-electron chi connectivity index (χ2n) is 9.82. The molecule has 1 aliphatic carbocycles. The van der Waals surface area contributed by atoms with E-state index in [4.69, 9.17) is 9.84 Å². The van der Waals surface area contributed by atoms with Gasteiger partial charge in [0.2, 0.25) is 0 Å². The third-order valence-electron chi connectivity index (χ3n) is 7.24. The smallest absolute Gasteiger partial charge is 0.416 e. The maximum absolute atomic E-state index is 13.6. The van der Waals surface area contributed by atoms with Crippen LogP contribution in [0, 0.1) is 17.7 Å². The average Bonchev–Trinajstić information content (AvgIpc) is 3.16. The second-order valence-corrected chi connectivity index (χ2v) is 9.82. The fourth-order valence-corrected chi connectivity index (χ4v) is 5.33. The Morgan fingerprint density at radius 1 is 1.00 bits per heavy atom. The summed E-state index contributed by atoms with van der Waals surface area (Å²) in [5, 5.41) is 9.13. The second kappa shape index (κ2) is 10.2. The van der Waals surface area contributed by atoms with Crippen LogP contribution in [-0.2, 0) is 21.9 Å². The van der Waals surface area contributed by atoms with Gasteiger partial charge in [-0.05, 0) is 67.1 Å². The minimum absolute atomic E-state index is 0.00958. The molecule has 1 aliphatic heterocycles. The molecule has 4 nitrogen and oxygen atoms in total. The number of carboxylic acid groups (broad SMARTS) is 1. The van der Waals surface area contributed by atoms with Crippen LogP contribution >= 0.6 is 0 Å². The zero-order chi connectivity index (χ0) is 27.1. The number of halogens is 7. The van der Waals surface area contributed by atoms with Gasteiger partial charge in [-0.25, -0.2) is 4.39 Å². The van der Waals surface area contributed by atoms with Crippen molar-refractivity contribution in [3.63, 3.8) is 0 Å². The van der Waals surface area contributed by atoms with Gasteiger partial charge in [0.05, 0.1) is 29.3 Å². The molecule has 2 aromatic carbocycles. The van der Waals surface area contributed by atoms with Crippen LogP contribution in [0.2, 0.25) is 0 Å². The molecule has 0 aromatic heterocycles. The van der Waals surface area contributed by atoms with Gasteiger partial charge in [-0.3, -0.25) is 4.79 Å². The molecule has 1 saturated carbocycles. The Labute approximate surface area is 209 Å². The number of alkyl halides is 6. The van der Waals surface area contributed by atoms with E-state index >= 15 is 0 Å². The van der Waals surface area contributed by atoms with Gasteiger partial charge in [0.1, 0.15) is 5.82 Å². The monoisotopic (exact) mass is 533 g/mol. The van der Waals surface area contributed by atoms with Crippen molar-refractivity contribution < 1.29 is 45.4 Å². The first-order chi connectivity index (χ1) is 17.2. The first-order valence-corrected chi connectivity index (χ1v) is 11.9. The highest BCUT2D eigenvalue weighted by atomic mass is 19.4. The maximum Gasteiger partial charge on any atom is 0.416 e. The molecule has 0 bridgehead atoms. The van der Waals surface area contributed by atoms with Gasteiger partial charge in [-0.2, -0.15) is 26.3 Å². The summed E-state index contributed by atoms with van der Waals surface area (Å²) in [6.45, 7) is 2.77. The lowest BCUT2D eigenvalue weighted by Crippen LogP contribution is -2.52. The van der Waals surface area contributed by atoms with Crippen LogP contribution in [0.15, 0.2) is 42.5 Å². The summed E-state index contributed by atoms with van der Waals surface area (Å²) in [6.07, 6.45) is -10.4. The van der Waals surface area contributed by atoms with Crippen molar-refractivity contribution in [2.45, 2.75) is 50.2 Å². The molecule has 2 aromatic rings. The lowest BCUT2D eigenvalue weighted by Gasteiger charge is -2.40. The summed E-state index contributed by atoms with van der Waals surface area (Å²) in [7, 11) is 0. The normalized spacial score (nSPS) is 24.2. The largest absolute Gasteiger partial charge is 0.481 e. The third kappa shape index (κ3) is 6.26. The molecule has 2 fully saturated rings. The van der Waals surface area contributed by atoms with E-state index in [1.165, 1.54) is 19.1 Å². The van der Waals surface area contributed by atoms with E-state index < -0.39 is 53.4 Å². The highest BCUT2D eigenvalue weighted by molar-refractivity contribution is 5.71. The van der Waals surface area contributed by atoms with Gasteiger partial charge in [0.25, 0.3) is 0 Å². The molecule has 202 valence electrons. The van der Waals surface area contributed by atoms with Crippen LogP contribution in [0.3, 0.4) is 0 Å². The minimum Gasteiger partial charge on any atom is -0.481 e. The highest BCUT2D eigenvalue weighted by Gasteiger charge is 2.43. The summed E-state index contributed by atoms with van der Waals surface area (Å²) in [4.78, 5) is 13.1. The van der Waals surface area contributed by atoms with Crippen LogP contribution in [0.5, 0.6) is 0 Å². The molecule has 1 saturated heterocycles. The molecule has 2 aliphatic rings. The number of nitrogens with zero attached hydrogens (tertiary/aromatic N) is 1. The zero-order valence-electron chi connectivity index (χ0n) is 19.8. The quantitative estimate of drug-likeness (QED) is 0.412. The average molecular weight is 533 g/mol. The molecule has 0 amide bonds.